The van der Waals surface area contributed by atoms with Crippen LogP contribution in [0.5, 0.6) is 0 Å². The Morgan fingerprint density at radius 1 is 1.75 bits per heavy atom. The van der Waals surface area contributed by atoms with Crippen LogP contribution in [-0.4, -0.2) is 24.8 Å². The van der Waals surface area contributed by atoms with Crippen molar-refractivity contribution < 1.29 is 5.11 Å². The van der Waals surface area contributed by atoms with Crippen molar-refractivity contribution in [3.63, 3.8) is 0 Å². The minimum atomic E-state index is 0.347. The van der Waals surface area contributed by atoms with Crippen molar-refractivity contribution in [3.8, 4) is 0 Å². The Hall–Kier alpha value is -0.0800. The van der Waals surface area contributed by atoms with E-state index in [-0.39, 0.29) is 0 Å². The van der Waals surface area contributed by atoms with Gasteiger partial charge in [0.15, 0.2) is 0 Å². The van der Waals surface area contributed by atoms with Gasteiger partial charge in [0, 0.05) is 12.0 Å². The number of rotatable bonds is 1. The topological polar surface area (TPSA) is 32.3 Å². The Kier molecular flexibility index (Phi) is 0.746. The van der Waals surface area contributed by atoms with E-state index >= 15 is 0 Å². The molecule has 0 amide bonds. The fourth-order valence-corrected chi connectivity index (χ4v) is 1.68. The molecule has 2 fully saturated rings. The maximum absolute atomic E-state index is 8.83. The summed E-state index contributed by atoms with van der Waals surface area (Å²) in [4.78, 5) is 0. The van der Waals surface area contributed by atoms with E-state index in [9.17, 15) is 0 Å². The standard InChI is InChI=1S/C6H11NO/c8-4-6-1-5(6)2-7-3-6/h5,7-8H,1-4H2/t5-,6-/m0/s1. The highest BCUT2D eigenvalue weighted by Crippen LogP contribution is 2.54. The second-order valence-electron chi connectivity index (χ2n) is 3.05. The van der Waals surface area contributed by atoms with Crippen molar-refractivity contribution in [2.45, 2.75) is 6.42 Å². The van der Waals surface area contributed by atoms with Gasteiger partial charge in [-0.3, -0.25) is 0 Å². The molecule has 1 saturated carbocycles. The average molecular weight is 113 g/mol. The van der Waals surface area contributed by atoms with Gasteiger partial charge in [0.1, 0.15) is 0 Å². The molecule has 0 aromatic carbocycles. The maximum atomic E-state index is 8.83. The van der Waals surface area contributed by atoms with Crippen LogP contribution in [0.15, 0.2) is 0 Å². The third-order valence-electron chi connectivity index (χ3n) is 2.54. The first-order chi connectivity index (χ1) is 3.87. The van der Waals surface area contributed by atoms with Crippen LogP contribution in [0.25, 0.3) is 0 Å². The molecule has 0 spiro atoms. The summed E-state index contributed by atoms with van der Waals surface area (Å²) in [5.41, 5.74) is 0.347. The fraction of sp³-hybridized carbons (Fsp3) is 1.00. The lowest BCUT2D eigenvalue weighted by Gasteiger charge is -2.03. The zero-order valence-corrected chi connectivity index (χ0v) is 4.85. The Balaban J connectivity index is 2.08. The number of hydrogen-bond acceptors (Lipinski definition) is 2. The summed E-state index contributed by atoms with van der Waals surface area (Å²) in [6, 6.07) is 0. The monoisotopic (exact) mass is 113 g/mol. The fourth-order valence-electron chi connectivity index (χ4n) is 1.68. The van der Waals surface area contributed by atoms with E-state index in [2.05, 4.69) is 5.32 Å². The van der Waals surface area contributed by atoms with Gasteiger partial charge >= 0.3 is 0 Å². The number of hydrogen-bond donors (Lipinski definition) is 2. The molecule has 1 saturated heterocycles. The average Bonchev–Trinajstić information content (AvgIpc) is 2.38. The second kappa shape index (κ2) is 1.25. The van der Waals surface area contributed by atoms with Crippen LogP contribution >= 0.6 is 0 Å². The molecule has 0 aromatic heterocycles. The molecule has 0 radical (unpaired) electrons. The minimum absolute atomic E-state index is 0.347. The lowest BCUT2D eigenvalue weighted by Crippen LogP contribution is -2.18. The Bertz CT molecular complexity index is 111. The second-order valence-corrected chi connectivity index (χ2v) is 3.05. The van der Waals surface area contributed by atoms with Gasteiger partial charge in [-0.05, 0) is 18.9 Å². The number of aliphatic hydroxyl groups excluding tert-OH is 1. The molecule has 1 aliphatic carbocycles. The van der Waals surface area contributed by atoms with Gasteiger partial charge in [-0.1, -0.05) is 0 Å². The van der Waals surface area contributed by atoms with Crippen molar-refractivity contribution in [2.75, 3.05) is 19.7 Å². The lowest BCUT2D eigenvalue weighted by molar-refractivity contribution is 0.214. The van der Waals surface area contributed by atoms with Crippen molar-refractivity contribution in [2.24, 2.45) is 11.3 Å². The molecule has 1 heterocycles. The van der Waals surface area contributed by atoms with E-state index in [0.29, 0.717) is 12.0 Å². The van der Waals surface area contributed by atoms with Crippen LogP contribution in [0.1, 0.15) is 6.42 Å². The van der Waals surface area contributed by atoms with Crippen LogP contribution in [0, 0.1) is 11.3 Å². The molecule has 0 bridgehead atoms. The molecule has 0 aromatic rings. The van der Waals surface area contributed by atoms with Gasteiger partial charge in [-0.2, -0.15) is 0 Å². The number of fused-ring (bicyclic) bond motifs is 1. The summed E-state index contributed by atoms with van der Waals surface area (Å²) in [5.74, 6) is 0.812. The van der Waals surface area contributed by atoms with Gasteiger partial charge in [-0.15, -0.1) is 0 Å². The van der Waals surface area contributed by atoms with Crippen LogP contribution in [0.2, 0.25) is 0 Å². The quantitative estimate of drug-likeness (QED) is 0.484. The van der Waals surface area contributed by atoms with Crippen LogP contribution in [0.4, 0.5) is 0 Å². The summed E-state index contributed by atoms with van der Waals surface area (Å²) in [5, 5.41) is 12.1. The molecule has 2 aliphatic rings. The van der Waals surface area contributed by atoms with Gasteiger partial charge in [0.25, 0.3) is 0 Å². The van der Waals surface area contributed by atoms with Crippen molar-refractivity contribution in [3.05, 3.63) is 0 Å². The van der Waals surface area contributed by atoms with E-state index in [1.54, 1.807) is 0 Å². The Morgan fingerprint density at radius 2 is 2.62 bits per heavy atom. The zero-order chi connectivity index (χ0) is 5.61. The van der Waals surface area contributed by atoms with Gasteiger partial charge < -0.3 is 10.4 Å². The molecule has 2 atom stereocenters. The van der Waals surface area contributed by atoms with Crippen molar-refractivity contribution in [1.82, 2.24) is 5.32 Å². The predicted octanol–water partition coefficient (Wildman–Crippen LogP) is -0.412. The molecular weight excluding hydrogens is 102 g/mol. The molecule has 8 heavy (non-hydrogen) atoms. The van der Waals surface area contributed by atoms with Crippen molar-refractivity contribution >= 4 is 0 Å². The van der Waals surface area contributed by atoms with Crippen molar-refractivity contribution in [1.29, 1.82) is 0 Å². The highest BCUT2D eigenvalue weighted by atomic mass is 16.3. The van der Waals surface area contributed by atoms with Crippen LogP contribution in [-0.2, 0) is 0 Å². The summed E-state index contributed by atoms with van der Waals surface area (Å²) in [6.45, 7) is 2.58. The first kappa shape index (κ1) is 4.77. The van der Waals surface area contributed by atoms with Crippen LogP contribution < -0.4 is 5.32 Å². The molecule has 1 aliphatic heterocycles. The molecular formula is C6H11NO. The van der Waals surface area contributed by atoms with E-state index < -0.39 is 0 Å². The highest BCUT2D eigenvalue weighted by molar-refractivity contribution is 5.08. The maximum Gasteiger partial charge on any atom is 0.0502 e. The SMILES string of the molecule is OC[C@]12CNC[C@@H]1C2. The Labute approximate surface area is 48.9 Å². The predicted molar refractivity (Wildman–Crippen MR) is 30.5 cm³/mol. The molecule has 2 rings (SSSR count). The van der Waals surface area contributed by atoms with E-state index in [1.807, 2.05) is 0 Å². The van der Waals surface area contributed by atoms with E-state index in [4.69, 9.17) is 5.11 Å². The number of piperidine rings is 1. The summed E-state index contributed by atoms with van der Waals surface area (Å²) in [7, 11) is 0. The first-order valence-corrected chi connectivity index (χ1v) is 3.19. The number of nitrogens with one attached hydrogen (secondary N) is 1. The lowest BCUT2D eigenvalue weighted by atomic mass is 10.1. The first-order valence-electron chi connectivity index (χ1n) is 3.19. The van der Waals surface area contributed by atoms with Gasteiger partial charge in [0.2, 0.25) is 0 Å². The van der Waals surface area contributed by atoms with E-state index in [0.717, 1.165) is 19.0 Å². The minimum Gasteiger partial charge on any atom is -0.396 e. The summed E-state index contributed by atoms with van der Waals surface area (Å²) < 4.78 is 0. The van der Waals surface area contributed by atoms with E-state index in [1.165, 1.54) is 6.42 Å². The third-order valence-corrected chi connectivity index (χ3v) is 2.54. The largest absolute Gasteiger partial charge is 0.396 e. The number of aliphatic hydroxyl groups is 1. The smallest absolute Gasteiger partial charge is 0.0502 e. The normalized spacial score (nSPS) is 51.4. The summed E-state index contributed by atoms with van der Waals surface area (Å²) >= 11 is 0. The molecule has 2 heteroatoms. The third kappa shape index (κ3) is 0.400. The van der Waals surface area contributed by atoms with Gasteiger partial charge in [-0.25, -0.2) is 0 Å². The molecule has 2 N–H and O–H groups in total. The highest BCUT2D eigenvalue weighted by Gasteiger charge is 2.56. The Morgan fingerprint density at radius 3 is 2.88 bits per heavy atom. The summed E-state index contributed by atoms with van der Waals surface area (Å²) in [6.07, 6.45) is 1.26. The zero-order valence-electron chi connectivity index (χ0n) is 4.85. The molecule has 0 unspecified atom stereocenters. The van der Waals surface area contributed by atoms with Gasteiger partial charge in [0.05, 0.1) is 6.61 Å². The molecule has 2 nitrogen and oxygen atoms in total. The van der Waals surface area contributed by atoms with Crippen LogP contribution in [0.3, 0.4) is 0 Å². The molecule has 46 valence electrons.